The third-order valence-electron chi connectivity index (χ3n) is 4.79. The highest BCUT2D eigenvalue weighted by molar-refractivity contribution is 8.00. The standard InChI is InChI=1S/C22H21N5O2S/c1-3-18(20(28)23-17-12-8-7-9-15(17)2)30-22-25-24-19-21(29)26(13-14-27(19)22)16-10-5-4-6-11-16/h4-14,18H,3H2,1-2H3,(H,23,28)/t18-/m0/s1. The van der Waals surface area contributed by atoms with E-state index in [2.05, 4.69) is 15.5 Å². The van der Waals surface area contributed by atoms with Crippen LogP contribution in [0.3, 0.4) is 0 Å². The van der Waals surface area contributed by atoms with Gasteiger partial charge in [0.2, 0.25) is 11.6 Å². The molecule has 0 spiro atoms. The van der Waals surface area contributed by atoms with Gasteiger partial charge in [-0.05, 0) is 37.1 Å². The van der Waals surface area contributed by atoms with Crippen LogP contribution < -0.4 is 10.9 Å². The summed E-state index contributed by atoms with van der Waals surface area (Å²) in [5, 5.41) is 11.4. The van der Waals surface area contributed by atoms with Gasteiger partial charge in [-0.15, -0.1) is 10.2 Å². The van der Waals surface area contributed by atoms with E-state index in [1.807, 2.05) is 68.4 Å². The molecule has 0 unspecified atom stereocenters. The van der Waals surface area contributed by atoms with Crippen molar-refractivity contribution in [2.24, 2.45) is 0 Å². The summed E-state index contributed by atoms with van der Waals surface area (Å²) in [5.74, 6) is -0.105. The van der Waals surface area contributed by atoms with E-state index in [0.29, 0.717) is 11.6 Å². The molecule has 4 aromatic rings. The first-order chi connectivity index (χ1) is 14.6. The zero-order chi connectivity index (χ0) is 21.1. The monoisotopic (exact) mass is 419 g/mol. The second-order valence-corrected chi connectivity index (χ2v) is 7.97. The first kappa shape index (κ1) is 19.9. The number of aromatic nitrogens is 4. The molecule has 30 heavy (non-hydrogen) atoms. The highest BCUT2D eigenvalue weighted by atomic mass is 32.2. The number of aryl methyl sites for hydroxylation is 1. The van der Waals surface area contributed by atoms with Gasteiger partial charge in [0.1, 0.15) is 0 Å². The van der Waals surface area contributed by atoms with Crippen molar-refractivity contribution in [1.82, 2.24) is 19.2 Å². The number of rotatable bonds is 6. The van der Waals surface area contributed by atoms with E-state index in [-0.39, 0.29) is 22.4 Å². The molecule has 2 aromatic carbocycles. The lowest BCUT2D eigenvalue weighted by molar-refractivity contribution is -0.115. The molecule has 0 aliphatic rings. The number of anilines is 1. The van der Waals surface area contributed by atoms with Crippen molar-refractivity contribution in [3.63, 3.8) is 0 Å². The molecule has 0 bridgehead atoms. The van der Waals surface area contributed by atoms with Crippen LogP contribution in [0, 0.1) is 6.92 Å². The Morgan fingerprint density at radius 2 is 1.80 bits per heavy atom. The van der Waals surface area contributed by atoms with Crippen molar-refractivity contribution < 1.29 is 4.79 Å². The molecule has 1 amide bonds. The summed E-state index contributed by atoms with van der Waals surface area (Å²) in [6.07, 6.45) is 4.04. The Morgan fingerprint density at radius 3 is 2.53 bits per heavy atom. The average Bonchev–Trinajstić information content (AvgIpc) is 3.18. The Bertz CT molecular complexity index is 1250. The third kappa shape index (κ3) is 3.86. The van der Waals surface area contributed by atoms with Crippen LogP contribution in [-0.2, 0) is 4.79 Å². The quantitative estimate of drug-likeness (QED) is 0.482. The van der Waals surface area contributed by atoms with Crippen molar-refractivity contribution in [2.75, 3.05) is 5.32 Å². The van der Waals surface area contributed by atoms with Gasteiger partial charge in [-0.3, -0.25) is 18.6 Å². The zero-order valence-corrected chi connectivity index (χ0v) is 17.5. The van der Waals surface area contributed by atoms with E-state index in [4.69, 9.17) is 0 Å². The second-order valence-electron chi connectivity index (χ2n) is 6.80. The maximum atomic E-state index is 12.9. The van der Waals surface area contributed by atoms with E-state index >= 15 is 0 Å². The maximum Gasteiger partial charge on any atom is 0.300 e. The number of thioether (sulfide) groups is 1. The summed E-state index contributed by atoms with van der Waals surface area (Å²) >= 11 is 1.30. The molecule has 152 valence electrons. The minimum absolute atomic E-state index is 0.105. The predicted molar refractivity (Wildman–Crippen MR) is 118 cm³/mol. The summed E-state index contributed by atoms with van der Waals surface area (Å²) in [7, 11) is 0. The topological polar surface area (TPSA) is 81.3 Å². The molecule has 0 aliphatic carbocycles. The lowest BCUT2D eigenvalue weighted by Gasteiger charge is -2.15. The molecule has 0 saturated carbocycles. The molecule has 1 atom stereocenters. The Morgan fingerprint density at radius 1 is 1.07 bits per heavy atom. The molecule has 0 aliphatic heterocycles. The number of nitrogens with one attached hydrogen (secondary N) is 1. The lowest BCUT2D eigenvalue weighted by Crippen LogP contribution is -2.25. The molecule has 0 radical (unpaired) electrons. The number of hydrogen-bond donors (Lipinski definition) is 1. The van der Waals surface area contributed by atoms with Crippen molar-refractivity contribution in [3.05, 3.63) is 82.9 Å². The first-order valence-electron chi connectivity index (χ1n) is 9.63. The van der Waals surface area contributed by atoms with Gasteiger partial charge >= 0.3 is 5.56 Å². The van der Waals surface area contributed by atoms with Crippen molar-refractivity contribution >= 4 is 29.0 Å². The molecular formula is C22H21N5O2S. The van der Waals surface area contributed by atoms with Crippen LogP contribution in [0.15, 0.2) is 76.9 Å². The maximum absolute atomic E-state index is 12.9. The number of para-hydroxylation sites is 2. The summed E-state index contributed by atoms with van der Waals surface area (Å²) in [5.41, 5.74) is 2.50. The van der Waals surface area contributed by atoms with E-state index in [1.165, 1.54) is 16.3 Å². The Kier molecular flexibility index (Phi) is 5.67. The smallest absolute Gasteiger partial charge is 0.300 e. The van der Waals surface area contributed by atoms with Crippen LogP contribution in [-0.4, -0.2) is 30.3 Å². The number of benzene rings is 2. The molecule has 2 aromatic heterocycles. The van der Waals surface area contributed by atoms with Gasteiger partial charge in [0.15, 0.2) is 5.16 Å². The van der Waals surface area contributed by atoms with Crippen LogP contribution in [0.25, 0.3) is 11.3 Å². The minimum Gasteiger partial charge on any atom is -0.325 e. The van der Waals surface area contributed by atoms with Crippen LogP contribution in [0.4, 0.5) is 5.69 Å². The predicted octanol–water partition coefficient (Wildman–Crippen LogP) is 3.70. The van der Waals surface area contributed by atoms with Crippen molar-refractivity contribution in [3.8, 4) is 5.69 Å². The highest BCUT2D eigenvalue weighted by Crippen LogP contribution is 2.25. The molecule has 0 fully saturated rings. The van der Waals surface area contributed by atoms with Gasteiger partial charge < -0.3 is 5.32 Å². The number of hydrogen-bond acceptors (Lipinski definition) is 5. The molecule has 8 heteroatoms. The second kappa shape index (κ2) is 8.54. The molecule has 1 N–H and O–H groups in total. The van der Waals surface area contributed by atoms with Crippen LogP contribution >= 0.6 is 11.8 Å². The van der Waals surface area contributed by atoms with E-state index in [9.17, 15) is 9.59 Å². The van der Waals surface area contributed by atoms with Crippen LogP contribution in [0.5, 0.6) is 0 Å². The Hall–Kier alpha value is -3.39. The number of fused-ring (bicyclic) bond motifs is 1. The Labute approximate surface area is 177 Å². The van der Waals surface area contributed by atoms with Gasteiger partial charge in [0, 0.05) is 23.8 Å². The molecule has 7 nitrogen and oxygen atoms in total. The molecule has 0 saturated heterocycles. The summed E-state index contributed by atoms with van der Waals surface area (Å²) < 4.78 is 3.16. The van der Waals surface area contributed by atoms with E-state index < -0.39 is 0 Å². The van der Waals surface area contributed by atoms with Gasteiger partial charge in [-0.25, -0.2) is 0 Å². The van der Waals surface area contributed by atoms with Crippen LogP contribution in [0.2, 0.25) is 0 Å². The largest absolute Gasteiger partial charge is 0.325 e. The average molecular weight is 420 g/mol. The number of carbonyl (C=O) groups is 1. The summed E-state index contributed by atoms with van der Waals surface area (Å²) in [4.78, 5) is 25.7. The fourth-order valence-electron chi connectivity index (χ4n) is 3.11. The third-order valence-corrected chi connectivity index (χ3v) is 6.11. The lowest BCUT2D eigenvalue weighted by atomic mass is 10.2. The summed E-state index contributed by atoms with van der Waals surface area (Å²) in [6.45, 7) is 3.90. The van der Waals surface area contributed by atoms with E-state index in [0.717, 1.165) is 16.9 Å². The SMILES string of the molecule is CC[C@H](Sc1nnc2c(=O)n(-c3ccccc3)ccn12)C(=O)Nc1ccccc1C. The minimum atomic E-state index is -0.367. The molecule has 2 heterocycles. The number of amides is 1. The highest BCUT2D eigenvalue weighted by Gasteiger charge is 2.22. The molecule has 4 rings (SSSR count). The normalized spacial score (nSPS) is 12.1. The number of nitrogens with zero attached hydrogens (tertiary/aromatic N) is 4. The van der Waals surface area contributed by atoms with Gasteiger partial charge in [-0.1, -0.05) is 55.1 Å². The summed E-state index contributed by atoms with van der Waals surface area (Å²) in [6, 6.07) is 17.0. The molecular weight excluding hydrogens is 398 g/mol. The van der Waals surface area contributed by atoms with Crippen LogP contribution in [0.1, 0.15) is 18.9 Å². The van der Waals surface area contributed by atoms with E-state index in [1.54, 1.807) is 16.8 Å². The fraction of sp³-hybridized carbons (Fsp3) is 0.182. The van der Waals surface area contributed by atoms with Gasteiger partial charge in [0.25, 0.3) is 0 Å². The van der Waals surface area contributed by atoms with Crippen molar-refractivity contribution in [1.29, 1.82) is 0 Å². The fourth-order valence-corrected chi connectivity index (χ4v) is 4.05. The zero-order valence-electron chi connectivity index (χ0n) is 16.6. The number of carbonyl (C=O) groups excluding carboxylic acids is 1. The van der Waals surface area contributed by atoms with Gasteiger partial charge in [0.05, 0.1) is 5.25 Å². The Balaban J connectivity index is 1.60. The first-order valence-corrected chi connectivity index (χ1v) is 10.5. The van der Waals surface area contributed by atoms with Crippen molar-refractivity contribution in [2.45, 2.75) is 30.7 Å². The van der Waals surface area contributed by atoms with Gasteiger partial charge in [-0.2, -0.15) is 0 Å².